The lowest BCUT2D eigenvalue weighted by atomic mass is 9.92. The quantitative estimate of drug-likeness (QED) is 0.775. The summed E-state index contributed by atoms with van der Waals surface area (Å²) in [6, 6.07) is 5.63. The standard InChI is InChI=1S/C20H25FN2O/c21-17-6-7-19-16(14-17)8-13-23(19)18-9-11-22(12-10-18)20(24)15-4-2-1-3-5-15/h1-2,6-7,14-15,18H,3-5,8-13H2. The van der Waals surface area contributed by atoms with Crippen LogP contribution >= 0.6 is 0 Å². The lowest BCUT2D eigenvalue weighted by Gasteiger charge is -2.39. The van der Waals surface area contributed by atoms with Crippen molar-refractivity contribution in [3.8, 4) is 0 Å². The third-order valence-electron chi connectivity index (χ3n) is 5.81. The molecule has 24 heavy (non-hydrogen) atoms. The van der Waals surface area contributed by atoms with Gasteiger partial charge in [0, 0.05) is 37.3 Å². The molecule has 2 aliphatic heterocycles. The van der Waals surface area contributed by atoms with E-state index in [4.69, 9.17) is 0 Å². The summed E-state index contributed by atoms with van der Waals surface area (Å²) in [4.78, 5) is 17.2. The molecular formula is C20H25FN2O. The van der Waals surface area contributed by atoms with E-state index in [1.165, 1.54) is 5.69 Å². The molecule has 1 saturated heterocycles. The Hall–Kier alpha value is -1.84. The highest BCUT2D eigenvalue weighted by atomic mass is 19.1. The van der Waals surface area contributed by atoms with Crippen LogP contribution in [0, 0.1) is 11.7 Å². The van der Waals surface area contributed by atoms with Crippen molar-refractivity contribution in [1.29, 1.82) is 0 Å². The first-order valence-electron chi connectivity index (χ1n) is 9.21. The smallest absolute Gasteiger partial charge is 0.226 e. The first-order valence-corrected chi connectivity index (χ1v) is 9.21. The Morgan fingerprint density at radius 1 is 1.08 bits per heavy atom. The van der Waals surface area contributed by atoms with Crippen molar-refractivity contribution in [3.63, 3.8) is 0 Å². The van der Waals surface area contributed by atoms with Crippen molar-refractivity contribution in [1.82, 2.24) is 4.90 Å². The number of amides is 1. The second kappa shape index (κ2) is 6.58. The lowest BCUT2D eigenvalue weighted by Crippen LogP contribution is -2.48. The first kappa shape index (κ1) is 15.7. The highest BCUT2D eigenvalue weighted by Crippen LogP contribution is 2.33. The summed E-state index contributed by atoms with van der Waals surface area (Å²) >= 11 is 0. The molecule has 128 valence electrons. The number of anilines is 1. The highest BCUT2D eigenvalue weighted by Gasteiger charge is 2.32. The van der Waals surface area contributed by atoms with Gasteiger partial charge in [-0.25, -0.2) is 4.39 Å². The number of halogens is 1. The third kappa shape index (κ3) is 2.94. The van der Waals surface area contributed by atoms with Crippen LogP contribution in [0.3, 0.4) is 0 Å². The van der Waals surface area contributed by atoms with Gasteiger partial charge in [-0.2, -0.15) is 0 Å². The van der Waals surface area contributed by atoms with Crippen molar-refractivity contribution in [3.05, 3.63) is 41.7 Å². The number of piperidine rings is 1. The Balaban J connectivity index is 1.37. The molecule has 4 rings (SSSR count). The molecular weight excluding hydrogens is 303 g/mol. The Morgan fingerprint density at radius 3 is 2.67 bits per heavy atom. The highest BCUT2D eigenvalue weighted by molar-refractivity contribution is 5.79. The molecule has 0 spiro atoms. The number of fused-ring (bicyclic) bond motifs is 1. The van der Waals surface area contributed by atoms with Crippen LogP contribution in [-0.4, -0.2) is 36.5 Å². The van der Waals surface area contributed by atoms with Crippen molar-refractivity contribution < 1.29 is 9.18 Å². The maximum absolute atomic E-state index is 13.4. The van der Waals surface area contributed by atoms with Crippen LogP contribution in [0.1, 0.15) is 37.7 Å². The monoisotopic (exact) mass is 328 g/mol. The van der Waals surface area contributed by atoms with E-state index in [-0.39, 0.29) is 11.7 Å². The predicted molar refractivity (Wildman–Crippen MR) is 93.5 cm³/mol. The van der Waals surface area contributed by atoms with Gasteiger partial charge in [-0.05, 0) is 62.3 Å². The third-order valence-corrected chi connectivity index (χ3v) is 5.81. The van der Waals surface area contributed by atoms with Crippen LogP contribution in [0.15, 0.2) is 30.4 Å². The molecule has 1 aromatic rings. The van der Waals surface area contributed by atoms with Gasteiger partial charge in [0.2, 0.25) is 5.91 Å². The van der Waals surface area contributed by atoms with E-state index >= 15 is 0 Å². The summed E-state index contributed by atoms with van der Waals surface area (Å²) in [5.74, 6) is 0.404. The van der Waals surface area contributed by atoms with Crippen LogP contribution in [0.2, 0.25) is 0 Å². The van der Waals surface area contributed by atoms with Crippen molar-refractivity contribution in [2.24, 2.45) is 5.92 Å². The molecule has 0 N–H and O–H groups in total. The maximum atomic E-state index is 13.4. The summed E-state index contributed by atoms with van der Waals surface area (Å²) in [6.45, 7) is 2.69. The lowest BCUT2D eigenvalue weighted by molar-refractivity contribution is -0.136. The van der Waals surface area contributed by atoms with Gasteiger partial charge in [-0.15, -0.1) is 0 Å². The molecule has 3 aliphatic rings. The fourth-order valence-corrected chi connectivity index (χ4v) is 4.45. The molecule has 1 amide bonds. The summed E-state index contributed by atoms with van der Waals surface area (Å²) in [5, 5.41) is 0. The van der Waals surface area contributed by atoms with Crippen LogP contribution in [0.5, 0.6) is 0 Å². The van der Waals surface area contributed by atoms with Crippen molar-refractivity contribution in [2.75, 3.05) is 24.5 Å². The van der Waals surface area contributed by atoms with E-state index in [0.29, 0.717) is 11.9 Å². The number of hydrogen-bond acceptors (Lipinski definition) is 2. The molecule has 0 bridgehead atoms. The van der Waals surface area contributed by atoms with E-state index in [2.05, 4.69) is 22.0 Å². The van der Waals surface area contributed by atoms with Crippen LogP contribution < -0.4 is 4.90 Å². The van der Waals surface area contributed by atoms with Gasteiger partial charge < -0.3 is 9.80 Å². The molecule has 1 atom stereocenters. The topological polar surface area (TPSA) is 23.6 Å². The largest absolute Gasteiger partial charge is 0.368 e. The molecule has 1 unspecified atom stereocenters. The van der Waals surface area contributed by atoms with E-state index in [1.54, 1.807) is 12.1 Å². The number of benzene rings is 1. The molecule has 1 aliphatic carbocycles. The van der Waals surface area contributed by atoms with Gasteiger partial charge in [-0.1, -0.05) is 12.2 Å². The summed E-state index contributed by atoms with van der Waals surface area (Å²) in [7, 11) is 0. The second-order valence-electron chi connectivity index (χ2n) is 7.25. The fourth-order valence-electron chi connectivity index (χ4n) is 4.45. The van der Waals surface area contributed by atoms with E-state index < -0.39 is 0 Å². The zero-order valence-corrected chi connectivity index (χ0v) is 14.1. The minimum Gasteiger partial charge on any atom is -0.368 e. The van der Waals surface area contributed by atoms with Gasteiger partial charge in [0.05, 0.1) is 0 Å². The molecule has 1 fully saturated rings. The average molecular weight is 328 g/mol. The number of nitrogens with zero attached hydrogens (tertiary/aromatic N) is 2. The SMILES string of the molecule is O=C(C1CC=CCC1)N1CCC(N2CCc3cc(F)ccc32)CC1. The Bertz CT molecular complexity index is 649. The van der Waals surface area contributed by atoms with E-state index in [0.717, 1.165) is 63.7 Å². The van der Waals surface area contributed by atoms with Gasteiger partial charge in [0.25, 0.3) is 0 Å². The zero-order valence-electron chi connectivity index (χ0n) is 14.1. The fraction of sp³-hybridized carbons (Fsp3) is 0.550. The number of carbonyl (C=O) groups excluding carboxylic acids is 1. The Labute approximate surface area is 143 Å². The number of allylic oxidation sites excluding steroid dienone is 2. The van der Waals surface area contributed by atoms with Crippen LogP contribution in [0.4, 0.5) is 10.1 Å². The number of hydrogen-bond donors (Lipinski definition) is 0. The molecule has 3 nitrogen and oxygen atoms in total. The zero-order chi connectivity index (χ0) is 16.5. The number of rotatable bonds is 2. The van der Waals surface area contributed by atoms with Gasteiger partial charge in [-0.3, -0.25) is 4.79 Å². The molecule has 0 saturated carbocycles. The molecule has 2 heterocycles. The Kier molecular flexibility index (Phi) is 4.30. The maximum Gasteiger partial charge on any atom is 0.226 e. The summed E-state index contributed by atoms with van der Waals surface area (Å²) in [5.41, 5.74) is 2.32. The van der Waals surface area contributed by atoms with E-state index in [9.17, 15) is 9.18 Å². The van der Waals surface area contributed by atoms with E-state index in [1.807, 2.05) is 6.07 Å². The summed E-state index contributed by atoms with van der Waals surface area (Å²) < 4.78 is 13.4. The van der Waals surface area contributed by atoms with Crippen LogP contribution in [0.25, 0.3) is 0 Å². The predicted octanol–water partition coefficient (Wildman–Crippen LogP) is 3.54. The van der Waals surface area contributed by atoms with Gasteiger partial charge in [0.1, 0.15) is 5.82 Å². The number of carbonyl (C=O) groups is 1. The summed E-state index contributed by atoms with van der Waals surface area (Å²) in [6.07, 6.45) is 10.2. The number of likely N-dealkylation sites (tertiary alicyclic amines) is 1. The first-order chi connectivity index (χ1) is 11.7. The average Bonchev–Trinajstić information content (AvgIpc) is 3.05. The van der Waals surface area contributed by atoms with Crippen LogP contribution in [-0.2, 0) is 11.2 Å². The second-order valence-corrected chi connectivity index (χ2v) is 7.25. The molecule has 0 radical (unpaired) electrons. The normalized spacial score (nSPS) is 24.3. The minimum absolute atomic E-state index is 0.141. The van der Waals surface area contributed by atoms with Gasteiger partial charge >= 0.3 is 0 Å². The minimum atomic E-state index is -0.141. The molecule has 1 aromatic carbocycles. The Morgan fingerprint density at radius 2 is 1.92 bits per heavy atom. The van der Waals surface area contributed by atoms with Gasteiger partial charge in [0.15, 0.2) is 0 Å². The van der Waals surface area contributed by atoms with Crippen molar-refractivity contribution >= 4 is 11.6 Å². The van der Waals surface area contributed by atoms with Crippen molar-refractivity contribution in [2.45, 2.75) is 44.6 Å². The molecule has 4 heteroatoms. The molecule has 0 aromatic heterocycles.